The molecule has 0 N–H and O–H groups in total. The normalized spacial score (nSPS) is 18.2. The summed E-state index contributed by atoms with van der Waals surface area (Å²) in [6.07, 6.45) is 6.91. The van der Waals surface area contributed by atoms with Gasteiger partial charge in [-0.2, -0.15) is 21.6 Å². The summed E-state index contributed by atoms with van der Waals surface area (Å²) >= 11 is 0. The molecule has 1 aliphatic carbocycles. The first kappa shape index (κ1) is 17.1. The first-order chi connectivity index (χ1) is 9.17. The molecule has 0 amide bonds. The van der Waals surface area contributed by atoms with Gasteiger partial charge in [-0.25, -0.2) is 0 Å². The SMILES string of the molecule is CCCCC(C)C1=CC=C(OS(=O)(=O)C(F)(F)F)CC1. The summed E-state index contributed by atoms with van der Waals surface area (Å²) in [6.45, 7) is 4.16. The van der Waals surface area contributed by atoms with Crippen LogP contribution >= 0.6 is 0 Å². The Morgan fingerprint density at radius 3 is 2.40 bits per heavy atom. The fourth-order valence-electron chi connectivity index (χ4n) is 2.00. The lowest BCUT2D eigenvalue weighted by Gasteiger charge is -2.20. The number of allylic oxidation sites excluding steroid dienone is 4. The Bertz CT molecular complexity index is 489. The maximum atomic E-state index is 12.2. The van der Waals surface area contributed by atoms with E-state index < -0.39 is 15.6 Å². The fraction of sp³-hybridized carbons (Fsp3) is 0.692. The van der Waals surface area contributed by atoms with Crippen LogP contribution in [0.15, 0.2) is 23.5 Å². The molecular formula is C13H19F3O3S. The molecule has 0 fully saturated rings. The van der Waals surface area contributed by atoms with Crippen molar-refractivity contribution >= 4 is 10.1 Å². The van der Waals surface area contributed by atoms with E-state index in [-0.39, 0.29) is 12.2 Å². The molecule has 1 aliphatic rings. The summed E-state index contributed by atoms with van der Waals surface area (Å²) in [4.78, 5) is 0. The molecular weight excluding hydrogens is 293 g/mol. The number of unbranched alkanes of at least 4 members (excludes halogenated alkanes) is 1. The number of hydrogen-bond donors (Lipinski definition) is 0. The monoisotopic (exact) mass is 312 g/mol. The average Bonchev–Trinajstić information content (AvgIpc) is 2.35. The Morgan fingerprint density at radius 2 is 1.95 bits per heavy atom. The van der Waals surface area contributed by atoms with Crippen LogP contribution < -0.4 is 0 Å². The van der Waals surface area contributed by atoms with Gasteiger partial charge in [0.05, 0.1) is 0 Å². The molecule has 0 aromatic carbocycles. The van der Waals surface area contributed by atoms with Crippen LogP contribution in [0.25, 0.3) is 0 Å². The third-order valence-electron chi connectivity index (χ3n) is 3.27. The molecule has 1 unspecified atom stereocenters. The molecule has 1 atom stereocenters. The van der Waals surface area contributed by atoms with Gasteiger partial charge in [-0.05, 0) is 24.8 Å². The van der Waals surface area contributed by atoms with Gasteiger partial charge < -0.3 is 4.18 Å². The minimum absolute atomic E-state index is 0.159. The standard InChI is InChI=1S/C13H19F3O3S/c1-3-4-5-10(2)11-6-8-12(9-7-11)19-20(17,18)13(14,15)16/h6,8,10H,3-5,7,9H2,1-2H3. The summed E-state index contributed by atoms with van der Waals surface area (Å²) in [5.41, 5.74) is -4.26. The van der Waals surface area contributed by atoms with Crippen LogP contribution in [0.4, 0.5) is 13.2 Å². The molecule has 0 spiro atoms. The van der Waals surface area contributed by atoms with Crippen molar-refractivity contribution < 1.29 is 25.8 Å². The van der Waals surface area contributed by atoms with Crippen molar-refractivity contribution in [3.8, 4) is 0 Å². The molecule has 0 saturated heterocycles. The molecule has 0 aliphatic heterocycles. The highest BCUT2D eigenvalue weighted by Gasteiger charge is 2.48. The van der Waals surface area contributed by atoms with Crippen molar-refractivity contribution in [1.82, 2.24) is 0 Å². The van der Waals surface area contributed by atoms with Gasteiger partial charge in [0.1, 0.15) is 5.76 Å². The second-order valence-corrected chi connectivity index (χ2v) is 6.44. The van der Waals surface area contributed by atoms with Gasteiger partial charge in [0.15, 0.2) is 0 Å². The Balaban J connectivity index is 2.70. The minimum Gasteiger partial charge on any atom is -0.381 e. The van der Waals surface area contributed by atoms with E-state index >= 15 is 0 Å². The van der Waals surface area contributed by atoms with Gasteiger partial charge in [0.25, 0.3) is 0 Å². The topological polar surface area (TPSA) is 43.4 Å². The van der Waals surface area contributed by atoms with Crippen LogP contribution in [0.1, 0.15) is 46.0 Å². The fourth-order valence-corrected chi connectivity index (χ4v) is 2.51. The Labute approximate surface area is 117 Å². The number of rotatable bonds is 6. The minimum atomic E-state index is -5.55. The molecule has 0 saturated carbocycles. The van der Waals surface area contributed by atoms with Crippen LogP contribution in [0.5, 0.6) is 0 Å². The molecule has 0 bridgehead atoms. The number of hydrogen-bond acceptors (Lipinski definition) is 3. The summed E-state index contributed by atoms with van der Waals surface area (Å²) < 4.78 is 62.4. The van der Waals surface area contributed by atoms with Crippen LogP contribution in [0.3, 0.4) is 0 Å². The van der Waals surface area contributed by atoms with Crippen molar-refractivity contribution in [3.63, 3.8) is 0 Å². The first-order valence-corrected chi connectivity index (χ1v) is 7.98. The van der Waals surface area contributed by atoms with Crippen molar-refractivity contribution in [2.75, 3.05) is 0 Å². The van der Waals surface area contributed by atoms with Crippen molar-refractivity contribution in [2.45, 2.75) is 51.5 Å². The molecule has 20 heavy (non-hydrogen) atoms. The van der Waals surface area contributed by atoms with Gasteiger partial charge in [-0.3, -0.25) is 0 Å². The highest BCUT2D eigenvalue weighted by Crippen LogP contribution is 2.32. The Morgan fingerprint density at radius 1 is 1.30 bits per heavy atom. The van der Waals surface area contributed by atoms with Gasteiger partial charge in [0.2, 0.25) is 0 Å². The largest absolute Gasteiger partial charge is 0.534 e. The smallest absolute Gasteiger partial charge is 0.381 e. The third kappa shape index (κ3) is 4.54. The maximum absolute atomic E-state index is 12.2. The third-order valence-corrected chi connectivity index (χ3v) is 4.27. The average molecular weight is 312 g/mol. The van der Waals surface area contributed by atoms with Gasteiger partial charge in [-0.1, -0.05) is 38.3 Å². The predicted octanol–water partition coefficient (Wildman–Crippen LogP) is 4.28. The van der Waals surface area contributed by atoms with Crippen LogP contribution in [-0.2, 0) is 14.3 Å². The van der Waals surface area contributed by atoms with Crippen molar-refractivity contribution in [2.24, 2.45) is 5.92 Å². The molecule has 0 radical (unpaired) electrons. The van der Waals surface area contributed by atoms with Gasteiger partial charge >= 0.3 is 15.6 Å². The highest BCUT2D eigenvalue weighted by atomic mass is 32.2. The van der Waals surface area contributed by atoms with E-state index in [1.165, 1.54) is 6.08 Å². The van der Waals surface area contributed by atoms with E-state index in [2.05, 4.69) is 18.0 Å². The van der Waals surface area contributed by atoms with Crippen molar-refractivity contribution in [1.29, 1.82) is 0 Å². The summed E-state index contributed by atoms with van der Waals surface area (Å²) in [6, 6.07) is 0. The van der Waals surface area contributed by atoms with E-state index in [0.717, 1.165) is 24.8 Å². The maximum Gasteiger partial charge on any atom is 0.534 e. The van der Waals surface area contributed by atoms with E-state index in [1.807, 2.05) is 0 Å². The molecule has 116 valence electrons. The van der Waals surface area contributed by atoms with E-state index in [0.29, 0.717) is 12.3 Å². The molecule has 1 rings (SSSR count). The molecule has 7 heteroatoms. The second kappa shape index (κ2) is 6.65. The lowest BCUT2D eigenvalue weighted by atomic mass is 9.89. The Hall–Kier alpha value is -0.980. The summed E-state index contributed by atoms with van der Waals surface area (Å²) in [5, 5.41) is 0. The second-order valence-electron chi connectivity index (χ2n) is 4.90. The lowest BCUT2D eigenvalue weighted by Crippen LogP contribution is -2.25. The van der Waals surface area contributed by atoms with E-state index in [1.54, 1.807) is 6.08 Å². The zero-order chi connectivity index (χ0) is 15.4. The van der Waals surface area contributed by atoms with E-state index in [9.17, 15) is 21.6 Å². The first-order valence-electron chi connectivity index (χ1n) is 6.57. The molecule has 3 nitrogen and oxygen atoms in total. The molecule has 0 aromatic heterocycles. The predicted molar refractivity (Wildman–Crippen MR) is 70.1 cm³/mol. The van der Waals surface area contributed by atoms with Crippen LogP contribution in [0.2, 0.25) is 0 Å². The zero-order valence-corrected chi connectivity index (χ0v) is 12.4. The van der Waals surface area contributed by atoms with Crippen LogP contribution in [0, 0.1) is 5.92 Å². The number of halogens is 3. The summed E-state index contributed by atoms with van der Waals surface area (Å²) in [7, 11) is -5.55. The quantitative estimate of drug-likeness (QED) is 0.543. The number of alkyl halides is 3. The highest BCUT2D eigenvalue weighted by molar-refractivity contribution is 7.87. The lowest BCUT2D eigenvalue weighted by molar-refractivity contribution is -0.0523. The van der Waals surface area contributed by atoms with Crippen molar-refractivity contribution in [3.05, 3.63) is 23.5 Å². The van der Waals surface area contributed by atoms with Gasteiger partial charge in [0, 0.05) is 6.42 Å². The van der Waals surface area contributed by atoms with Crippen LogP contribution in [-0.4, -0.2) is 13.9 Å². The van der Waals surface area contributed by atoms with Gasteiger partial charge in [-0.15, -0.1) is 0 Å². The zero-order valence-electron chi connectivity index (χ0n) is 11.5. The molecule has 0 aromatic rings. The van der Waals surface area contributed by atoms with E-state index in [4.69, 9.17) is 0 Å². The Kier molecular flexibility index (Phi) is 5.68. The summed E-state index contributed by atoms with van der Waals surface area (Å²) in [5.74, 6) is 0.195. The molecule has 0 heterocycles.